The standard InChI is InChI=1S/C12H22N2O2S2/c1-5-18(15,16)8-12-14-10(4)11(17-12)7-13-6-9(2)3/h9,13H,5-8H2,1-4H3. The maximum Gasteiger partial charge on any atom is 0.156 e. The number of nitrogens with zero attached hydrogens (tertiary/aromatic N) is 1. The van der Waals surface area contributed by atoms with Gasteiger partial charge in [-0.1, -0.05) is 20.8 Å². The van der Waals surface area contributed by atoms with Gasteiger partial charge in [-0.2, -0.15) is 0 Å². The highest BCUT2D eigenvalue weighted by atomic mass is 32.2. The highest BCUT2D eigenvalue weighted by molar-refractivity contribution is 7.90. The summed E-state index contributed by atoms with van der Waals surface area (Å²) in [6.07, 6.45) is 0. The molecule has 104 valence electrons. The van der Waals surface area contributed by atoms with Gasteiger partial charge in [0.1, 0.15) is 10.8 Å². The largest absolute Gasteiger partial charge is 0.312 e. The van der Waals surface area contributed by atoms with Crippen LogP contribution in [-0.4, -0.2) is 25.7 Å². The lowest BCUT2D eigenvalue weighted by atomic mass is 10.2. The summed E-state index contributed by atoms with van der Waals surface area (Å²) in [5.74, 6) is 0.851. The number of hydrogen-bond donors (Lipinski definition) is 1. The van der Waals surface area contributed by atoms with Crippen molar-refractivity contribution in [3.8, 4) is 0 Å². The first kappa shape index (κ1) is 15.6. The van der Waals surface area contributed by atoms with Crippen LogP contribution in [0.4, 0.5) is 0 Å². The summed E-state index contributed by atoms with van der Waals surface area (Å²) in [4.78, 5) is 5.48. The summed E-state index contributed by atoms with van der Waals surface area (Å²) in [6.45, 7) is 9.65. The van der Waals surface area contributed by atoms with Crippen LogP contribution >= 0.6 is 11.3 Å². The Balaban J connectivity index is 2.64. The molecular formula is C12H22N2O2S2. The number of hydrogen-bond acceptors (Lipinski definition) is 5. The van der Waals surface area contributed by atoms with E-state index in [0.29, 0.717) is 10.9 Å². The van der Waals surface area contributed by atoms with E-state index < -0.39 is 9.84 Å². The van der Waals surface area contributed by atoms with Crippen molar-refractivity contribution in [3.05, 3.63) is 15.6 Å². The van der Waals surface area contributed by atoms with Gasteiger partial charge in [0.15, 0.2) is 9.84 Å². The van der Waals surface area contributed by atoms with Gasteiger partial charge in [-0.15, -0.1) is 11.3 Å². The SMILES string of the molecule is CCS(=O)(=O)Cc1nc(C)c(CNCC(C)C)s1. The molecule has 0 amide bonds. The molecule has 1 aromatic heterocycles. The molecule has 0 aliphatic rings. The molecule has 0 atom stereocenters. The van der Waals surface area contributed by atoms with E-state index in [-0.39, 0.29) is 11.5 Å². The second-order valence-electron chi connectivity index (χ2n) is 4.82. The summed E-state index contributed by atoms with van der Waals surface area (Å²) >= 11 is 1.50. The molecule has 1 rings (SSSR count). The molecule has 0 fully saturated rings. The van der Waals surface area contributed by atoms with E-state index in [1.165, 1.54) is 11.3 Å². The molecule has 0 unspecified atom stereocenters. The number of sulfone groups is 1. The van der Waals surface area contributed by atoms with Gasteiger partial charge in [-0.25, -0.2) is 13.4 Å². The first-order chi connectivity index (χ1) is 8.34. The Morgan fingerprint density at radius 1 is 1.39 bits per heavy atom. The summed E-state index contributed by atoms with van der Waals surface area (Å²) in [6, 6.07) is 0. The van der Waals surface area contributed by atoms with Gasteiger partial charge in [0.2, 0.25) is 0 Å². The Bertz CT molecular complexity index is 478. The summed E-state index contributed by atoms with van der Waals surface area (Å²) in [5, 5.41) is 4.06. The molecule has 0 saturated carbocycles. The zero-order valence-electron chi connectivity index (χ0n) is 11.5. The lowest BCUT2D eigenvalue weighted by molar-refractivity contribution is 0.554. The topological polar surface area (TPSA) is 59.1 Å². The van der Waals surface area contributed by atoms with Crippen molar-refractivity contribution in [2.24, 2.45) is 5.92 Å². The molecule has 0 aromatic carbocycles. The van der Waals surface area contributed by atoms with Crippen LogP contribution in [-0.2, 0) is 22.1 Å². The van der Waals surface area contributed by atoms with E-state index in [2.05, 4.69) is 24.1 Å². The Morgan fingerprint density at radius 2 is 2.06 bits per heavy atom. The predicted molar refractivity (Wildman–Crippen MR) is 76.6 cm³/mol. The van der Waals surface area contributed by atoms with Gasteiger partial charge >= 0.3 is 0 Å². The number of rotatable bonds is 7. The van der Waals surface area contributed by atoms with Crippen LogP contribution in [0, 0.1) is 12.8 Å². The van der Waals surface area contributed by atoms with Gasteiger partial charge < -0.3 is 5.32 Å². The third kappa shape index (κ3) is 5.04. The maximum absolute atomic E-state index is 11.5. The molecule has 1 heterocycles. The van der Waals surface area contributed by atoms with E-state index >= 15 is 0 Å². The van der Waals surface area contributed by atoms with Crippen LogP contribution in [0.3, 0.4) is 0 Å². The van der Waals surface area contributed by atoms with Crippen molar-refractivity contribution in [2.45, 2.75) is 40.0 Å². The molecule has 0 radical (unpaired) electrons. The molecular weight excluding hydrogens is 268 g/mol. The molecule has 1 N–H and O–H groups in total. The maximum atomic E-state index is 11.5. The lowest BCUT2D eigenvalue weighted by Gasteiger charge is -2.05. The van der Waals surface area contributed by atoms with Gasteiger partial charge in [0.05, 0.1) is 5.69 Å². The average Bonchev–Trinajstić information content (AvgIpc) is 2.58. The molecule has 1 aromatic rings. The lowest BCUT2D eigenvalue weighted by Crippen LogP contribution is -2.18. The Labute approximate surface area is 114 Å². The minimum absolute atomic E-state index is 0.0686. The minimum Gasteiger partial charge on any atom is -0.312 e. The second-order valence-corrected chi connectivity index (χ2v) is 8.34. The van der Waals surface area contributed by atoms with Gasteiger partial charge in [-0.3, -0.25) is 0 Å². The van der Waals surface area contributed by atoms with Crippen LogP contribution in [0.2, 0.25) is 0 Å². The normalized spacial score (nSPS) is 12.3. The zero-order chi connectivity index (χ0) is 13.8. The molecule has 0 aliphatic carbocycles. The quantitative estimate of drug-likeness (QED) is 0.836. The number of nitrogens with one attached hydrogen (secondary N) is 1. The zero-order valence-corrected chi connectivity index (χ0v) is 13.1. The van der Waals surface area contributed by atoms with Crippen LogP contribution in [0.5, 0.6) is 0 Å². The second kappa shape index (κ2) is 6.63. The van der Waals surface area contributed by atoms with Crippen molar-refractivity contribution in [1.82, 2.24) is 10.3 Å². The van der Waals surface area contributed by atoms with Crippen molar-refractivity contribution in [2.75, 3.05) is 12.3 Å². The first-order valence-corrected chi connectivity index (χ1v) is 8.84. The Kier molecular flexibility index (Phi) is 5.75. The van der Waals surface area contributed by atoms with E-state index in [0.717, 1.165) is 23.7 Å². The fourth-order valence-electron chi connectivity index (χ4n) is 1.48. The molecule has 0 saturated heterocycles. The van der Waals surface area contributed by atoms with Crippen LogP contribution in [0.25, 0.3) is 0 Å². The minimum atomic E-state index is -2.98. The van der Waals surface area contributed by atoms with Crippen molar-refractivity contribution >= 4 is 21.2 Å². The number of thiazole rings is 1. The highest BCUT2D eigenvalue weighted by Gasteiger charge is 2.14. The monoisotopic (exact) mass is 290 g/mol. The van der Waals surface area contributed by atoms with Gasteiger partial charge in [0, 0.05) is 17.2 Å². The smallest absolute Gasteiger partial charge is 0.156 e. The Morgan fingerprint density at radius 3 is 2.61 bits per heavy atom. The highest BCUT2D eigenvalue weighted by Crippen LogP contribution is 2.20. The number of aryl methyl sites for hydroxylation is 1. The van der Waals surface area contributed by atoms with Crippen molar-refractivity contribution in [1.29, 1.82) is 0 Å². The van der Waals surface area contributed by atoms with E-state index in [1.54, 1.807) is 6.92 Å². The molecule has 0 aliphatic heterocycles. The molecule has 4 nitrogen and oxygen atoms in total. The fourth-order valence-corrected chi connectivity index (χ4v) is 3.73. The third-order valence-electron chi connectivity index (χ3n) is 2.56. The van der Waals surface area contributed by atoms with Crippen LogP contribution in [0.1, 0.15) is 36.3 Å². The summed E-state index contributed by atoms with van der Waals surface area (Å²) in [5.41, 5.74) is 0.942. The number of aromatic nitrogens is 1. The molecule has 18 heavy (non-hydrogen) atoms. The van der Waals surface area contributed by atoms with Gasteiger partial charge in [-0.05, 0) is 19.4 Å². The van der Waals surface area contributed by atoms with E-state index in [9.17, 15) is 8.42 Å². The summed E-state index contributed by atoms with van der Waals surface area (Å²) in [7, 11) is -2.98. The van der Waals surface area contributed by atoms with Gasteiger partial charge in [0.25, 0.3) is 0 Å². The average molecular weight is 290 g/mol. The van der Waals surface area contributed by atoms with Crippen LogP contribution in [0.15, 0.2) is 0 Å². The third-order valence-corrected chi connectivity index (χ3v) is 5.49. The van der Waals surface area contributed by atoms with Crippen molar-refractivity contribution in [3.63, 3.8) is 0 Å². The van der Waals surface area contributed by atoms with E-state index in [4.69, 9.17) is 0 Å². The molecule has 0 bridgehead atoms. The predicted octanol–water partition coefficient (Wildman–Crippen LogP) is 2.13. The molecule has 0 spiro atoms. The molecule has 6 heteroatoms. The fraction of sp³-hybridized carbons (Fsp3) is 0.750. The summed E-state index contributed by atoms with van der Waals surface area (Å²) < 4.78 is 23.1. The van der Waals surface area contributed by atoms with Crippen molar-refractivity contribution < 1.29 is 8.42 Å². The first-order valence-electron chi connectivity index (χ1n) is 6.20. The van der Waals surface area contributed by atoms with E-state index in [1.807, 2.05) is 6.92 Å². The Hall–Kier alpha value is -0.460. The van der Waals surface area contributed by atoms with Crippen LogP contribution < -0.4 is 5.32 Å².